The fourth-order valence-electron chi connectivity index (χ4n) is 7.30. The number of hydrogen-bond donors (Lipinski definition) is 1. The zero-order valence-electron chi connectivity index (χ0n) is 34.8. The maximum Gasteiger partial charge on any atom is 0.331 e. The monoisotopic (exact) mass is 900 g/mol. The van der Waals surface area contributed by atoms with Crippen LogP contribution in [0.5, 0.6) is 0 Å². The van der Waals surface area contributed by atoms with Gasteiger partial charge in [0, 0.05) is 25.8 Å². The van der Waals surface area contributed by atoms with Crippen LogP contribution in [-0.4, -0.2) is 127 Å². The van der Waals surface area contributed by atoms with Crippen LogP contribution in [0.25, 0.3) is 6.08 Å². The number of unbranched alkanes of at least 4 members (excludes halogenated alkanes) is 2. The van der Waals surface area contributed by atoms with E-state index in [9.17, 15) is 33.9 Å². The summed E-state index contributed by atoms with van der Waals surface area (Å²) in [6.07, 6.45) is -6.14. The van der Waals surface area contributed by atoms with Crippen LogP contribution in [0, 0.1) is 0 Å². The Balaban J connectivity index is 1.79. The molecule has 0 aliphatic carbocycles. The van der Waals surface area contributed by atoms with Crippen LogP contribution in [0.4, 0.5) is 0 Å². The largest absolute Gasteiger partial charge is 0.463 e. The normalized spacial score (nSPS) is 30.9. The van der Waals surface area contributed by atoms with Gasteiger partial charge in [0.05, 0.1) is 18.6 Å². The van der Waals surface area contributed by atoms with Crippen molar-refractivity contribution in [2.75, 3.05) is 18.4 Å². The molecule has 0 spiro atoms. The fraction of sp³-hybridized carbons (Fsp3) is 0.674. The van der Waals surface area contributed by atoms with E-state index >= 15 is 0 Å². The maximum atomic E-state index is 13.2. The van der Waals surface area contributed by atoms with E-state index in [0.29, 0.717) is 31.2 Å². The van der Waals surface area contributed by atoms with Crippen molar-refractivity contribution < 1.29 is 76.5 Å². The molecule has 3 heterocycles. The number of alkyl halides is 2. The fourth-order valence-corrected chi connectivity index (χ4v) is 7.43. The zero-order chi connectivity index (χ0) is 44.3. The van der Waals surface area contributed by atoms with Gasteiger partial charge < -0.3 is 47.7 Å². The van der Waals surface area contributed by atoms with Gasteiger partial charge in [-0.15, -0.1) is 23.2 Å². The van der Waals surface area contributed by atoms with Crippen molar-refractivity contribution >= 4 is 64.9 Å². The van der Waals surface area contributed by atoms with Crippen LogP contribution in [0.15, 0.2) is 36.4 Å². The Bertz CT molecular complexity index is 1610. The summed E-state index contributed by atoms with van der Waals surface area (Å²) in [5.74, 6) is -5.71. The first kappa shape index (κ1) is 50.0. The molecule has 4 rings (SSSR count). The summed E-state index contributed by atoms with van der Waals surface area (Å²) in [5.41, 5.74) is 0.665. The van der Waals surface area contributed by atoms with Gasteiger partial charge >= 0.3 is 29.8 Å². The number of carbonyl (C=O) groups is 6. The first-order valence-electron chi connectivity index (χ1n) is 20.9. The Morgan fingerprint density at radius 2 is 1.49 bits per heavy atom. The van der Waals surface area contributed by atoms with Crippen molar-refractivity contribution in [1.82, 2.24) is 0 Å². The Morgan fingerprint density at radius 3 is 2.18 bits per heavy atom. The molecule has 0 aromatic heterocycles. The number of rotatable bonds is 12. The molecule has 3 saturated heterocycles. The van der Waals surface area contributed by atoms with Crippen molar-refractivity contribution in [2.24, 2.45) is 0 Å². The molecule has 61 heavy (non-hydrogen) atoms. The summed E-state index contributed by atoms with van der Waals surface area (Å²) in [6.45, 7) is 4.21. The molecule has 2 bridgehead atoms. The van der Waals surface area contributed by atoms with Crippen molar-refractivity contribution in [3.63, 3.8) is 0 Å². The molecule has 1 aromatic carbocycles. The standard InChI is InChI=1S/C43H58Cl2O16/c1-4-5-9-17-30-18-13-7-6-12-16-29(47)20-22-32(48)53-25-31-38(58-33(49)21-19-28-14-10-8-11-15-28)36(52)39(59-34(50)23-44)42(57-31)61-41-40(60-35(51)24-45)37(55-27(3)46)26(2)54-43(41)56-30/h8,10-11,14-15,19,21,26,30-31,36-43,52H,4-7,9,12-13,16-18,20,22-25H2,1-3H3/b21-19+/t26-,30+,31-,36+,37+,38-,39-,40+,41-,42+,43+/m1/s1. The highest BCUT2D eigenvalue weighted by Crippen LogP contribution is 2.36. The lowest BCUT2D eigenvalue weighted by atomic mass is 9.96. The molecule has 16 nitrogen and oxygen atoms in total. The van der Waals surface area contributed by atoms with Gasteiger partial charge in [-0.1, -0.05) is 75.8 Å². The van der Waals surface area contributed by atoms with E-state index in [1.807, 2.05) is 0 Å². The third-order valence-electron chi connectivity index (χ3n) is 10.4. The molecule has 3 fully saturated rings. The minimum absolute atomic E-state index is 0.0569. The lowest BCUT2D eigenvalue weighted by Crippen LogP contribution is -2.66. The van der Waals surface area contributed by atoms with Crippen LogP contribution in [0.3, 0.4) is 0 Å². The number of ether oxygens (including phenoxy) is 9. The minimum Gasteiger partial charge on any atom is -0.463 e. The van der Waals surface area contributed by atoms with Crippen LogP contribution in [-0.2, 0) is 71.4 Å². The summed E-state index contributed by atoms with van der Waals surface area (Å²) >= 11 is 11.7. The summed E-state index contributed by atoms with van der Waals surface area (Å²) in [4.78, 5) is 77.0. The number of halogens is 2. The first-order chi connectivity index (χ1) is 29.3. The predicted molar refractivity (Wildman–Crippen MR) is 218 cm³/mol. The first-order valence-corrected chi connectivity index (χ1v) is 22.0. The van der Waals surface area contributed by atoms with Crippen molar-refractivity contribution in [3.05, 3.63) is 42.0 Å². The second kappa shape index (κ2) is 26.1. The SMILES string of the molecule is CCCCC[C@H]1CCCCCCC(=O)CCC(=O)OC[C@H]2O[C@@H](O[C@H]3[C@H](O1)O[C@H](C)[C@H](OC(C)=O)[C@@H]3OC(=O)CCl)[C@H](OC(=O)CCl)[C@@H](O)[C@@H]2OC(=O)/C=C/c1ccccc1. The maximum absolute atomic E-state index is 13.2. The van der Waals surface area contributed by atoms with E-state index in [0.717, 1.165) is 51.5 Å². The van der Waals surface area contributed by atoms with Gasteiger partial charge in [0.1, 0.15) is 36.4 Å². The molecule has 18 heteroatoms. The lowest BCUT2D eigenvalue weighted by molar-refractivity contribution is -0.370. The van der Waals surface area contributed by atoms with Crippen LogP contribution >= 0.6 is 23.2 Å². The highest BCUT2D eigenvalue weighted by Gasteiger charge is 2.56. The Morgan fingerprint density at radius 1 is 0.787 bits per heavy atom. The predicted octanol–water partition coefficient (Wildman–Crippen LogP) is 5.27. The van der Waals surface area contributed by atoms with E-state index in [1.54, 1.807) is 37.3 Å². The van der Waals surface area contributed by atoms with Gasteiger partial charge in [0.2, 0.25) is 0 Å². The number of aliphatic hydroxyl groups is 1. The Hall–Kier alpha value is -3.64. The molecule has 11 atom stereocenters. The van der Waals surface area contributed by atoms with Crippen LogP contribution in [0.1, 0.15) is 103 Å². The summed E-state index contributed by atoms with van der Waals surface area (Å²) < 4.78 is 54.0. The van der Waals surface area contributed by atoms with Crippen LogP contribution in [0.2, 0.25) is 0 Å². The number of aliphatic hydroxyl groups excluding tert-OH is 1. The molecule has 0 amide bonds. The molecule has 3 aliphatic heterocycles. The average Bonchev–Trinajstić information content (AvgIpc) is 3.24. The molecule has 0 radical (unpaired) electrons. The van der Waals surface area contributed by atoms with Crippen molar-refractivity contribution in [2.45, 2.75) is 165 Å². The number of fused-ring (bicyclic) bond motifs is 3. The van der Waals surface area contributed by atoms with Gasteiger partial charge in [0.25, 0.3) is 0 Å². The number of Topliss-reactive ketones (excluding diaryl/α,β-unsaturated/α-hetero) is 1. The number of carbonyl (C=O) groups excluding carboxylic acids is 6. The number of cyclic esters (lactones) is 1. The number of ketones is 1. The van der Waals surface area contributed by atoms with Gasteiger partial charge in [-0.3, -0.25) is 24.0 Å². The zero-order valence-corrected chi connectivity index (χ0v) is 36.3. The number of benzene rings is 1. The van der Waals surface area contributed by atoms with Crippen molar-refractivity contribution in [3.8, 4) is 0 Å². The molecular formula is C43H58Cl2O16. The molecule has 1 N–H and O–H groups in total. The second-order valence-corrected chi connectivity index (χ2v) is 15.7. The van der Waals surface area contributed by atoms with Crippen molar-refractivity contribution in [1.29, 1.82) is 0 Å². The number of hydrogen-bond acceptors (Lipinski definition) is 16. The smallest absolute Gasteiger partial charge is 0.331 e. The van der Waals surface area contributed by atoms with Crippen LogP contribution < -0.4 is 0 Å². The molecule has 1 aromatic rings. The Labute approximate surface area is 366 Å². The summed E-state index contributed by atoms with van der Waals surface area (Å²) in [5, 5.41) is 11.9. The highest BCUT2D eigenvalue weighted by molar-refractivity contribution is 6.26. The highest BCUT2D eigenvalue weighted by atomic mass is 35.5. The molecule has 340 valence electrons. The van der Waals surface area contributed by atoms with E-state index in [4.69, 9.17) is 65.8 Å². The van der Waals surface area contributed by atoms with E-state index in [1.165, 1.54) is 6.08 Å². The molecule has 0 unspecified atom stereocenters. The van der Waals surface area contributed by atoms with Gasteiger partial charge in [0.15, 0.2) is 43.1 Å². The van der Waals surface area contributed by atoms with Gasteiger partial charge in [-0.05, 0) is 37.8 Å². The third-order valence-corrected chi connectivity index (χ3v) is 10.8. The summed E-state index contributed by atoms with van der Waals surface area (Å²) in [6, 6.07) is 8.82. The molecular weight excluding hydrogens is 843 g/mol. The van der Waals surface area contributed by atoms with Gasteiger partial charge in [-0.2, -0.15) is 0 Å². The second-order valence-electron chi connectivity index (χ2n) is 15.2. The average molecular weight is 902 g/mol. The van der Waals surface area contributed by atoms with E-state index in [2.05, 4.69) is 6.92 Å². The van der Waals surface area contributed by atoms with Gasteiger partial charge in [-0.25, -0.2) is 4.79 Å². The topological polar surface area (TPSA) is 206 Å². The molecule has 0 saturated carbocycles. The minimum atomic E-state index is -1.92. The summed E-state index contributed by atoms with van der Waals surface area (Å²) in [7, 11) is 0. The molecule has 3 aliphatic rings. The number of esters is 5. The van der Waals surface area contributed by atoms with E-state index < -0.39 is 116 Å². The third kappa shape index (κ3) is 16.2. The van der Waals surface area contributed by atoms with E-state index in [-0.39, 0.29) is 18.6 Å². The quantitative estimate of drug-likeness (QED) is 0.0932. The lowest BCUT2D eigenvalue weighted by Gasteiger charge is -2.48. The Kier molecular flexibility index (Phi) is 21.4.